The maximum Gasteiger partial charge on any atom is 0.305 e. The first-order chi connectivity index (χ1) is 11.1. The zero-order chi connectivity index (χ0) is 16.3. The van der Waals surface area contributed by atoms with E-state index in [1.165, 1.54) is 0 Å². The average Bonchev–Trinajstić information content (AvgIpc) is 3.11. The number of hydrogen-bond acceptors (Lipinski definition) is 2. The molecule has 1 heterocycles. The molecule has 1 amide bonds. The van der Waals surface area contributed by atoms with Crippen LogP contribution < -0.4 is 5.32 Å². The molecule has 5 heteroatoms. The molecule has 0 atom stereocenters. The number of para-hydroxylation sites is 1. The molecular formula is C18H22N2O3. The molecule has 3 rings (SSSR count). The van der Waals surface area contributed by atoms with Gasteiger partial charge in [0.15, 0.2) is 0 Å². The number of benzene rings is 1. The number of aromatic amines is 1. The zero-order valence-electron chi connectivity index (χ0n) is 13.1. The van der Waals surface area contributed by atoms with Crippen molar-refractivity contribution in [3.8, 4) is 0 Å². The first-order valence-corrected chi connectivity index (χ1v) is 8.16. The van der Waals surface area contributed by atoms with Crippen LogP contribution in [0.15, 0.2) is 30.5 Å². The number of carbonyl (C=O) groups excluding carboxylic acids is 1. The average molecular weight is 314 g/mol. The van der Waals surface area contributed by atoms with Crippen molar-refractivity contribution < 1.29 is 14.7 Å². The molecule has 23 heavy (non-hydrogen) atoms. The Morgan fingerprint density at radius 3 is 2.70 bits per heavy atom. The molecule has 1 aliphatic carbocycles. The lowest BCUT2D eigenvalue weighted by Gasteiger charge is -2.28. The molecule has 1 aromatic carbocycles. The van der Waals surface area contributed by atoms with Gasteiger partial charge >= 0.3 is 5.97 Å². The Morgan fingerprint density at radius 2 is 1.96 bits per heavy atom. The molecule has 2 aromatic rings. The van der Waals surface area contributed by atoms with Crippen LogP contribution in [0.1, 0.15) is 44.1 Å². The molecule has 0 unspecified atom stereocenters. The monoisotopic (exact) mass is 314 g/mol. The summed E-state index contributed by atoms with van der Waals surface area (Å²) in [6.45, 7) is 0. The second-order valence-corrected chi connectivity index (χ2v) is 6.47. The van der Waals surface area contributed by atoms with Crippen LogP contribution in [0, 0.1) is 0 Å². The maximum atomic E-state index is 12.3. The lowest BCUT2D eigenvalue weighted by Crippen LogP contribution is -2.47. The number of rotatable bonds is 6. The van der Waals surface area contributed by atoms with E-state index in [2.05, 4.69) is 10.3 Å². The minimum Gasteiger partial charge on any atom is -0.481 e. The topological polar surface area (TPSA) is 82.2 Å². The molecule has 5 nitrogen and oxygen atoms in total. The van der Waals surface area contributed by atoms with Gasteiger partial charge in [-0.25, -0.2) is 0 Å². The van der Waals surface area contributed by atoms with Gasteiger partial charge in [-0.15, -0.1) is 0 Å². The highest BCUT2D eigenvalue weighted by Gasteiger charge is 2.37. The van der Waals surface area contributed by atoms with Gasteiger partial charge in [-0.2, -0.15) is 0 Å². The number of aromatic nitrogens is 1. The minimum atomic E-state index is -0.844. The molecule has 0 bridgehead atoms. The number of fused-ring (bicyclic) bond motifs is 1. The Labute approximate surface area is 135 Å². The van der Waals surface area contributed by atoms with Crippen molar-refractivity contribution >= 4 is 22.8 Å². The number of aryl methyl sites for hydroxylation is 1. The second-order valence-electron chi connectivity index (χ2n) is 6.47. The Kier molecular flexibility index (Phi) is 4.37. The minimum absolute atomic E-state index is 0.0197. The van der Waals surface area contributed by atoms with Crippen LogP contribution in [0.4, 0.5) is 0 Å². The Balaban J connectivity index is 1.61. The number of hydrogen-bond donors (Lipinski definition) is 3. The number of H-pyrrole nitrogens is 1. The first-order valence-electron chi connectivity index (χ1n) is 8.16. The van der Waals surface area contributed by atoms with Gasteiger partial charge in [0, 0.05) is 23.5 Å². The van der Waals surface area contributed by atoms with Crippen molar-refractivity contribution in [3.63, 3.8) is 0 Å². The summed E-state index contributed by atoms with van der Waals surface area (Å²) in [5.41, 5.74) is 1.65. The maximum absolute atomic E-state index is 12.3. The third kappa shape index (κ3) is 3.55. The number of aliphatic carboxylic acids is 1. The summed E-state index contributed by atoms with van der Waals surface area (Å²) in [7, 11) is 0. The summed E-state index contributed by atoms with van der Waals surface area (Å²) in [4.78, 5) is 26.6. The SMILES string of the molecule is O=C(O)CC1(NC(=O)CCc2c[nH]c3ccccc23)CCCC1. The zero-order valence-corrected chi connectivity index (χ0v) is 13.1. The molecule has 1 saturated carbocycles. The summed E-state index contributed by atoms with van der Waals surface area (Å²) in [6, 6.07) is 8.02. The lowest BCUT2D eigenvalue weighted by molar-refractivity contribution is -0.139. The van der Waals surface area contributed by atoms with Crippen LogP contribution in [0.3, 0.4) is 0 Å². The summed E-state index contributed by atoms with van der Waals surface area (Å²) in [5.74, 6) is -0.901. The van der Waals surface area contributed by atoms with Gasteiger partial charge in [-0.05, 0) is 30.9 Å². The highest BCUT2D eigenvalue weighted by atomic mass is 16.4. The molecule has 1 aromatic heterocycles. The van der Waals surface area contributed by atoms with Crippen molar-refractivity contribution in [1.29, 1.82) is 0 Å². The molecule has 1 aliphatic rings. The Hall–Kier alpha value is -2.30. The number of carboxylic acid groups (broad SMARTS) is 1. The molecule has 1 fully saturated rings. The van der Waals surface area contributed by atoms with E-state index >= 15 is 0 Å². The smallest absolute Gasteiger partial charge is 0.305 e. The van der Waals surface area contributed by atoms with Gasteiger partial charge in [0.1, 0.15) is 0 Å². The van der Waals surface area contributed by atoms with E-state index < -0.39 is 11.5 Å². The summed E-state index contributed by atoms with van der Waals surface area (Å²) < 4.78 is 0. The van der Waals surface area contributed by atoms with Gasteiger partial charge in [-0.3, -0.25) is 9.59 Å². The fraction of sp³-hybridized carbons (Fsp3) is 0.444. The van der Waals surface area contributed by atoms with E-state index in [-0.39, 0.29) is 12.3 Å². The van der Waals surface area contributed by atoms with Gasteiger partial charge in [0.05, 0.1) is 12.0 Å². The van der Waals surface area contributed by atoms with Gasteiger partial charge < -0.3 is 15.4 Å². The normalized spacial score (nSPS) is 16.5. The molecular weight excluding hydrogens is 292 g/mol. The van der Waals surface area contributed by atoms with E-state index in [1.54, 1.807) is 0 Å². The van der Waals surface area contributed by atoms with E-state index in [9.17, 15) is 9.59 Å². The van der Waals surface area contributed by atoms with Crippen molar-refractivity contribution in [2.24, 2.45) is 0 Å². The second kappa shape index (κ2) is 6.44. The molecule has 0 spiro atoms. The van der Waals surface area contributed by atoms with Gasteiger partial charge in [0.25, 0.3) is 0 Å². The number of carboxylic acids is 1. The van der Waals surface area contributed by atoms with Crippen LogP contribution >= 0.6 is 0 Å². The standard InChI is InChI=1S/C18H22N2O3/c21-16(20-18(11-17(22)23)9-3-4-10-18)8-7-13-12-19-15-6-2-1-5-14(13)15/h1-2,5-6,12,19H,3-4,7-11H2,(H,20,21)(H,22,23). The Bertz CT molecular complexity index is 714. The highest BCUT2D eigenvalue weighted by Crippen LogP contribution is 2.32. The van der Waals surface area contributed by atoms with Crippen molar-refractivity contribution in [2.75, 3.05) is 0 Å². The predicted molar refractivity (Wildman–Crippen MR) is 88.2 cm³/mol. The summed E-state index contributed by atoms with van der Waals surface area (Å²) in [5, 5.41) is 13.2. The summed E-state index contributed by atoms with van der Waals surface area (Å²) in [6.07, 6.45) is 6.48. The summed E-state index contributed by atoms with van der Waals surface area (Å²) >= 11 is 0. The quantitative estimate of drug-likeness (QED) is 0.766. The van der Waals surface area contributed by atoms with Gasteiger partial charge in [-0.1, -0.05) is 31.0 Å². The van der Waals surface area contributed by atoms with Crippen molar-refractivity contribution in [3.05, 3.63) is 36.0 Å². The third-order valence-electron chi connectivity index (χ3n) is 4.75. The van der Waals surface area contributed by atoms with Crippen molar-refractivity contribution in [1.82, 2.24) is 10.3 Å². The fourth-order valence-electron chi connectivity index (χ4n) is 3.63. The van der Waals surface area contributed by atoms with Crippen LogP contribution in [0.2, 0.25) is 0 Å². The van der Waals surface area contributed by atoms with Crippen LogP contribution in [0.5, 0.6) is 0 Å². The lowest BCUT2D eigenvalue weighted by atomic mass is 9.93. The fourth-order valence-corrected chi connectivity index (χ4v) is 3.63. The van der Waals surface area contributed by atoms with Crippen molar-refractivity contribution in [2.45, 2.75) is 50.5 Å². The van der Waals surface area contributed by atoms with E-state index in [0.29, 0.717) is 12.8 Å². The number of amides is 1. The van der Waals surface area contributed by atoms with E-state index in [4.69, 9.17) is 5.11 Å². The van der Waals surface area contributed by atoms with Crippen LogP contribution in [-0.2, 0) is 16.0 Å². The number of nitrogens with one attached hydrogen (secondary N) is 2. The van der Waals surface area contributed by atoms with Gasteiger partial charge in [0.2, 0.25) is 5.91 Å². The van der Waals surface area contributed by atoms with Crippen LogP contribution in [0.25, 0.3) is 10.9 Å². The molecule has 0 saturated heterocycles. The predicted octanol–water partition coefficient (Wildman–Crippen LogP) is 3.00. The van der Waals surface area contributed by atoms with E-state index in [0.717, 1.165) is 42.1 Å². The third-order valence-corrected chi connectivity index (χ3v) is 4.75. The highest BCUT2D eigenvalue weighted by molar-refractivity contribution is 5.84. The van der Waals surface area contributed by atoms with Crippen LogP contribution in [-0.4, -0.2) is 27.5 Å². The van der Waals surface area contributed by atoms with E-state index in [1.807, 2.05) is 30.5 Å². The molecule has 0 aliphatic heterocycles. The molecule has 3 N–H and O–H groups in total. The molecule has 0 radical (unpaired) electrons. The Morgan fingerprint density at radius 1 is 1.22 bits per heavy atom. The first kappa shape index (κ1) is 15.6. The number of carbonyl (C=O) groups is 2. The largest absolute Gasteiger partial charge is 0.481 e. The molecule has 122 valence electrons.